The van der Waals surface area contributed by atoms with Crippen molar-refractivity contribution in [1.82, 2.24) is 0 Å². The molecular formula is C21H23Br2NO5. The Hall–Kier alpha value is -2.06. The second-order valence-corrected chi connectivity index (χ2v) is 7.69. The number of hydrogen-bond donors (Lipinski definition) is 0. The molecule has 156 valence electrons. The van der Waals surface area contributed by atoms with E-state index in [1.165, 1.54) is 6.21 Å². The SMILES string of the molecule is CCOC(=O)C(C)O/N=C\c1cc(Br)c(Oc2ccc(OC)c(CC)c2)c(Br)c1. The summed E-state index contributed by atoms with van der Waals surface area (Å²) in [7, 11) is 1.65. The Balaban J connectivity index is 2.13. The van der Waals surface area contributed by atoms with Crippen LogP contribution in [-0.4, -0.2) is 32.0 Å². The van der Waals surface area contributed by atoms with Gasteiger partial charge >= 0.3 is 5.97 Å². The maximum atomic E-state index is 11.5. The van der Waals surface area contributed by atoms with Crippen molar-refractivity contribution in [2.24, 2.45) is 5.16 Å². The number of carbonyl (C=O) groups excluding carboxylic acids is 1. The summed E-state index contributed by atoms with van der Waals surface area (Å²) in [5, 5.41) is 3.86. The molecular weight excluding hydrogens is 506 g/mol. The zero-order valence-electron chi connectivity index (χ0n) is 16.7. The molecule has 1 unspecified atom stereocenters. The molecule has 2 aromatic carbocycles. The van der Waals surface area contributed by atoms with Gasteiger partial charge in [0.25, 0.3) is 0 Å². The number of nitrogens with zero attached hydrogens (tertiary/aromatic N) is 1. The maximum absolute atomic E-state index is 11.5. The van der Waals surface area contributed by atoms with Crippen LogP contribution in [0.5, 0.6) is 17.2 Å². The number of benzene rings is 2. The maximum Gasteiger partial charge on any atom is 0.349 e. The highest BCUT2D eigenvalue weighted by molar-refractivity contribution is 9.11. The van der Waals surface area contributed by atoms with E-state index in [2.05, 4.69) is 43.9 Å². The summed E-state index contributed by atoms with van der Waals surface area (Å²) in [6.07, 6.45) is 1.57. The first-order valence-corrected chi connectivity index (χ1v) is 10.7. The van der Waals surface area contributed by atoms with Crippen molar-refractivity contribution in [3.63, 3.8) is 0 Å². The Morgan fingerprint density at radius 2 is 1.86 bits per heavy atom. The van der Waals surface area contributed by atoms with Gasteiger partial charge in [0.1, 0.15) is 11.5 Å². The molecule has 8 heteroatoms. The first kappa shape index (κ1) is 23.2. The molecule has 0 fully saturated rings. The van der Waals surface area contributed by atoms with Crippen LogP contribution in [0.4, 0.5) is 0 Å². The predicted octanol–water partition coefficient (Wildman–Crippen LogP) is 5.88. The van der Waals surface area contributed by atoms with E-state index in [4.69, 9.17) is 19.0 Å². The lowest BCUT2D eigenvalue weighted by Crippen LogP contribution is -2.21. The molecule has 0 heterocycles. The third-order valence-corrected chi connectivity index (χ3v) is 5.09. The number of oxime groups is 1. The van der Waals surface area contributed by atoms with Crippen LogP contribution in [0, 0.1) is 0 Å². The Labute approximate surface area is 187 Å². The topological polar surface area (TPSA) is 66.4 Å². The zero-order chi connectivity index (χ0) is 21.4. The molecule has 0 radical (unpaired) electrons. The largest absolute Gasteiger partial charge is 0.496 e. The Morgan fingerprint density at radius 3 is 2.45 bits per heavy atom. The summed E-state index contributed by atoms with van der Waals surface area (Å²) in [6.45, 7) is 5.68. The monoisotopic (exact) mass is 527 g/mol. The third kappa shape index (κ3) is 6.47. The van der Waals surface area contributed by atoms with Gasteiger partial charge in [0.15, 0.2) is 5.75 Å². The van der Waals surface area contributed by atoms with Gasteiger partial charge in [-0.15, -0.1) is 0 Å². The standard InChI is InChI=1S/C21H23Br2NO5/c1-5-15-11-16(7-8-19(15)26-4)28-20-17(22)9-14(10-18(20)23)12-24-29-13(3)21(25)27-6-2/h7-13H,5-6H2,1-4H3/b24-12-. The molecule has 0 N–H and O–H groups in total. The molecule has 2 rings (SSSR count). The molecule has 0 spiro atoms. The van der Waals surface area contributed by atoms with Gasteiger partial charge in [0.2, 0.25) is 6.10 Å². The van der Waals surface area contributed by atoms with Crippen molar-refractivity contribution >= 4 is 44.0 Å². The fourth-order valence-electron chi connectivity index (χ4n) is 2.45. The summed E-state index contributed by atoms with van der Waals surface area (Å²) in [4.78, 5) is 16.7. The normalized spacial score (nSPS) is 11.9. The van der Waals surface area contributed by atoms with Crippen LogP contribution in [0.3, 0.4) is 0 Å². The van der Waals surface area contributed by atoms with Crippen molar-refractivity contribution < 1.29 is 23.8 Å². The number of esters is 1. The minimum Gasteiger partial charge on any atom is -0.496 e. The van der Waals surface area contributed by atoms with Crippen LogP contribution in [0.2, 0.25) is 0 Å². The van der Waals surface area contributed by atoms with Crippen LogP contribution in [0.1, 0.15) is 31.9 Å². The highest BCUT2D eigenvalue weighted by Gasteiger charge is 2.15. The average Bonchev–Trinajstić information content (AvgIpc) is 2.70. The van der Waals surface area contributed by atoms with Gasteiger partial charge in [0, 0.05) is 0 Å². The van der Waals surface area contributed by atoms with Gasteiger partial charge in [-0.1, -0.05) is 12.1 Å². The number of aryl methyl sites for hydroxylation is 1. The quantitative estimate of drug-likeness (QED) is 0.231. The average molecular weight is 529 g/mol. The molecule has 0 bridgehead atoms. The predicted molar refractivity (Wildman–Crippen MR) is 119 cm³/mol. The van der Waals surface area contributed by atoms with E-state index < -0.39 is 12.1 Å². The summed E-state index contributed by atoms with van der Waals surface area (Å²) in [5.74, 6) is 1.72. The summed E-state index contributed by atoms with van der Waals surface area (Å²) in [5.41, 5.74) is 1.82. The van der Waals surface area contributed by atoms with Crippen molar-refractivity contribution in [3.8, 4) is 17.2 Å². The van der Waals surface area contributed by atoms with E-state index >= 15 is 0 Å². The number of ether oxygens (including phenoxy) is 3. The molecule has 1 atom stereocenters. The minimum absolute atomic E-state index is 0.297. The fraction of sp³-hybridized carbons (Fsp3) is 0.333. The number of hydrogen-bond acceptors (Lipinski definition) is 6. The van der Waals surface area contributed by atoms with Crippen LogP contribution in [-0.2, 0) is 20.8 Å². The van der Waals surface area contributed by atoms with E-state index in [1.54, 1.807) is 21.0 Å². The van der Waals surface area contributed by atoms with E-state index in [-0.39, 0.29) is 0 Å². The van der Waals surface area contributed by atoms with Crippen LogP contribution >= 0.6 is 31.9 Å². The number of rotatable bonds is 9. The fourth-order valence-corrected chi connectivity index (χ4v) is 3.83. The van der Waals surface area contributed by atoms with Gasteiger partial charge in [-0.25, -0.2) is 4.79 Å². The van der Waals surface area contributed by atoms with Crippen molar-refractivity contribution in [1.29, 1.82) is 0 Å². The van der Waals surface area contributed by atoms with Crippen LogP contribution in [0.15, 0.2) is 44.4 Å². The second kappa shape index (κ2) is 11.2. The van der Waals surface area contributed by atoms with Gasteiger partial charge in [-0.2, -0.15) is 0 Å². The second-order valence-electron chi connectivity index (χ2n) is 5.98. The highest BCUT2D eigenvalue weighted by Crippen LogP contribution is 2.38. The van der Waals surface area contributed by atoms with Crippen molar-refractivity contribution in [3.05, 3.63) is 50.4 Å². The first-order valence-electron chi connectivity index (χ1n) is 9.09. The lowest BCUT2D eigenvalue weighted by molar-refractivity contribution is -0.155. The molecule has 6 nitrogen and oxygen atoms in total. The van der Waals surface area contributed by atoms with Crippen LogP contribution in [0.25, 0.3) is 0 Å². The Morgan fingerprint density at radius 1 is 1.17 bits per heavy atom. The molecule has 29 heavy (non-hydrogen) atoms. The summed E-state index contributed by atoms with van der Waals surface area (Å²) >= 11 is 7.06. The van der Waals surface area contributed by atoms with Crippen LogP contribution < -0.4 is 9.47 Å². The molecule has 0 amide bonds. The van der Waals surface area contributed by atoms with Crippen molar-refractivity contribution in [2.45, 2.75) is 33.3 Å². The zero-order valence-corrected chi connectivity index (χ0v) is 19.9. The molecule has 0 aliphatic carbocycles. The first-order chi connectivity index (χ1) is 13.9. The van der Waals surface area contributed by atoms with Gasteiger partial charge in [-0.05, 0) is 93.6 Å². The highest BCUT2D eigenvalue weighted by atomic mass is 79.9. The number of carbonyl (C=O) groups is 1. The molecule has 0 saturated heterocycles. The summed E-state index contributed by atoms with van der Waals surface area (Å²) < 4.78 is 17.8. The van der Waals surface area contributed by atoms with Gasteiger partial charge < -0.3 is 19.0 Å². The van der Waals surface area contributed by atoms with Crippen molar-refractivity contribution in [2.75, 3.05) is 13.7 Å². The minimum atomic E-state index is -0.775. The number of halogens is 2. The van der Waals surface area contributed by atoms with Gasteiger partial charge in [0.05, 0.1) is 28.9 Å². The van der Waals surface area contributed by atoms with Gasteiger partial charge in [-0.3, -0.25) is 0 Å². The van der Waals surface area contributed by atoms with E-state index in [0.29, 0.717) is 18.1 Å². The summed E-state index contributed by atoms with van der Waals surface area (Å²) in [6, 6.07) is 9.38. The van der Waals surface area contributed by atoms with E-state index in [1.807, 2.05) is 30.3 Å². The lowest BCUT2D eigenvalue weighted by Gasteiger charge is -2.13. The smallest absolute Gasteiger partial charge is 0.349 e. The lowest BCUT2D eigenvalue weighted by atomic mass is 10.1. The molecule has 0 aliphatic rings. The molecule has 2 aromatic rings. The third-order valence-electron chi connectivity index (χ3n) is 3.91. The Kier molecular flexibility index (Phi) is 8.98. The van der Waals surface area contributed by atoms with E-state index in [9.17, 15) is 4.79 Å². The molecule has 0 aromatic heterocycles. The molecule has 0 aliphatic heterocycles. The van der Waals surface area contributed by atoms with E-state index in [0.717, 1.165) is 32.2 Å². The molecule has 0 saturated carbocycles. The Bertz CT molecular complexity index is 862. The number of methoxy groups -OCH3 is 1.